The second kappa shape index (κ2) is 4.85. The summed E-state index contributed by atoms with van der Waals surface area (Å²) >= 11 is 10.3. The van der Waals surface area contributed by atoms with E-state index in [1.807, 2.05) is 23.2 Å². The lowest BCUT2D eigenvalue weighted by molar-refractivity contribution is -0.114. The molecule has 1 aromatic carbocycles. The van der Waals surface area contributed by atoms with Crippen molar-refractivity contribution in [3.8, 4) is 0 Å². The molecule has 88 valence electrons. The van der Waals surface area contributed by atoms with Gasteiger partial charge in [0.25, 0.3) is 0 Å². The van der Waals surface area contributed by atoms with Gasteiger partial charge < -0.3 is 10.6 Å². The molecule has 1 aliphatic rings. The largest absolute Gasteiger partial charge is 0.366 e. The molecule has 1 atom stereocenters. The van der Waals surface area contributed by atoms with E-state index in [2.05, 4.69) is 12.6 Å². The number of anilines is 1. The number of benzene rings is 1. The molecule has 3 nitrogen and oxygen atoms in total. The first-order chi connectivity index (χ1) is 8.09. The van der Waals surface area contributed by atoms with Crippen molar-refractivity contribution >= 4 is 35.8 Å². The van der Waals surface area contributed by atoms with Crippen molar-refractivity contribution in [2.24, 2.45) is 5.73 Å². The molecule has 1 amide bonds. The molecule has 0 aromatic heterocycles. The van der Waals surface area contributed by atoms with E-state index in [9.17, 15) is 4.79 Å². The van der Waals surface area contributed by atoms with Crippen LogP contribution in [0.15, 0.2) is 48.2 Å². The number of hydrogen-bond donors (Lipinski definition) is 2. The van der Waals surface area contributed by atoms with Crippen LogP contribution in [0.25, 0.3) is 0 Å². The van der Waals surface area contributed by atoms with Crippen molar-refractivity contribution in [2.75, 3.05) is 4.90 Å². The van der Waals surface area contributed by atoms with Crippen molar-refractivity contribution in [2.45, 2.75) is 5.37 Å². The maximum absolute atomic E-state index is 11.2. The average molecular weight is 267 g/mol. The summed E-state index contributed by atoms with van der Waals surface area (Å²) in [5.74, 6) is -0.471. The summed E-state index contributed by atoms with van der Waals surface area (Å²) in [6, 6.07) is 7.33. The second-order valence-electron chi connectivity index (χ2n) is 3.59. The second-order valence-corrected chi connectivity index (χ2v) is 4.51. The Morgan fingerprint density at radius 1 is 1.47 bits per heavy atom. The minimum absolute atomic E-state index is 0.393. The van der Waals surface area contributed by atoms with Crippen LogP contribution in [0.4, 0.5) is 5.69 Å². The normalized spacial score (nSPS) is 19.1. The molecule has 17 heavy (non-hydrogen) atoms. The van der Waals surface area contributed by atoms with Crippen molar-refractivity contribution in [3.63, 3.8) is 0 Å². The van der Waals surface area contributed by atoms with Gasteiger partial charge in [0.2, 0.25) is 5.91 Å². The zero-order valence-corrected chi connectivity index (χ0v) is 10.5. The van der Waals surface area contributed by atoms with Crippen LogP contribution in [0.1, 0.15) is 0 Å². The van der Waals surface area contributed by atoms with Gasteiger partial charge in [-0.3, -0.25) is 4.79 Å². The number of carbonyl (C=O) groups excluding carboxylic acids is 1. The topological polar surface area (TPSA) is 46.3 Å². The minimum atomic E-state index is -0.471. The van der Waals surface area contributed by atoms with Gasteiger partial charge in [-0.05, 0) is 30.4 Å². The van der Waals surface area contributed by atoms with Gasteiger partial charge in [0.1, 0.15) is 5.37 Å². The molecule has 2 rings (SSSR count). The molecule has 1 unspecified atom stereocenters. The smallest absolute Gasteiger partial charge is 0.247 e. The van der Waals surface area contributed by atoms with Gasteiger partial charge in [-0.1, -0.05) is 17.7 Å². The summed E-state index contributed by atoms with van der Waals surface area (Å²) in [5.41, 5.74) is 6.60. The maximum Gasteiger partial charge on any atom is 0.247 e. The fraction of sp³-hybridized carbons (Fsp3) is 0.0833. The lowest BCUT2D eigenvalue weighted by Crippen LogP contribution is -2.35. The van der Waals surface area contributed by atoms with Gasteiger partial charge >= 0.3 is 0 Å². The zero-order valence-electron chi connectivity index (χ0n) is 8.88. The van der Waals surface area contributed by atoms with E-state index >= 15 is 0 Å². The predicted octanol–water partition coefficient (Wildman–Crippen LogP) is 2.34. The van der Waals surface area contributed by atoms with Crippen LogP contribution in [0.2, 0.25) is 5.02 Å². The Morgan fingerprint density at radius 3 is 2.88 bits per heavy atom. The monoisotopic (exact) mass is 266 g/mol. The van der Waals surface area contributed by atoms with E-state index in [1.54, 1.807) is 24.3 Å². The minimum Gasteiger partial charge on any atom is -0.366 e. The highest BCUT2D eigenvalue weighted by Crippen LogP contribution is 2.28. The summed E-state index contributed by atoms with van der Waals surface area (Å²) in [5, 5.41) is 0.238. The lowest BCUT2D eigenvalue weighted by Gasteiger charge is -2.30. The number of amides is 1. The molecule has 0 aliphatic carbocycles. The molecule has 0 radical (unpaired) electrons. The van der Waals surface area contributed by atoms with E-state index in [4.69, 9.17) is 17.3 Å². The van der Waals surface area contributed by atoms with Crippen LogP contribution in [0.3, 0.4) is 0 Å². The van der Waals surface area contributed by atoms with Crippen molar-refractivity contribution in [1.29, 1.82) is 0 Å². The summed E-state index contributed by atoms with van der Waals surface area (Å²) in [6.45, 7) is 0. The molecule has 0 saturated carbocycles. The summed E-state index contributed by atoms with van der Waals surface area (Å²) < 4.78 is 0. The molecule has 1 aromatic rings. The third-order valence-electron chi connectivity index (χ3n) is 2.45. The summed E-state index contributed by atoms with van der Waals surface area (Å²) in [6.07, 6.45) is 5.25. The Bertz CT molecular complexity index is 513. The molecule has 0 bridgehead atoms. The number of nitrogens with two attached hydrogens (primary N) is 1. The Hall–Kier alpha value is -1.39. The fourth-order valence-electron chi connectivity index (χ4n) is 1.63. The van der Waals surface area contributed by atoms with E-state index in [-0.39, 0.29) is 0 Å². The van der Waals surface area contributed by atoms with Crippen LogP contribution in [0, 0.1) is 0 Å². The van der Waals surface area contributed by atoms with E-state index in [0.717, 1.165) is 5.69 Å². The van der Waals surface area contributed by atoms with E-state index in [1.165, 1.54) is 0 Å². The van der Waals surface area contributed by atoms with Crippen LogP contribution >= 0.6 is 24.2 Å². The first-order valence-corrected chi connectivity index (χ1v) is 5.89. The molecule has 0 spiro atoms. The quantitative estimate of drug-likeness (QED) is 0.807. The Morgan fingerprint density at radius 2 is 2.24 bits per heavy atom. The van der Waals surface area contributed by atoms with E-state index in [0.29, 0.717) is 10.6 Å². The van der Waals surface area contributed by atoms with E-state index < -0.39 is 11.3 Å². The van der Waals surface area contributed by atoms with Crippen molar-refractivity contribution in [3.05, 3.63) is 53.2 Å². The fourth-order valence-corrected chi connectivity index (χ4v) is 2.24. The van der Waals surface area contributed by atoms with Gasteiger partial charge in [0, 0.05) is 22.5 Å². The molecule has 2 N–H and O–H groups in total. The number of rotatable bonds is 2. The average Bonchev–Trinajstić information content (AvgIpc) is 2.29. The maximum atomic E-state index is 11.2. The number of allylic oxidation sites excluding steroid dienone is 2. The number of nitrogens with zero attached hydrogens (tertiary/aromatic N) is 1. The molecule has 0 saturated heterocycles. The highest BCUT2D eigenvalue weighted by molar-refractivity contribution is 7.81. The van der Waals surface area contributed by atoms with Gasteiger partial charge in [-0.2, -0.15) is 0 Å². The lowest BCUT2D eigenvalue weighted by atomic mass is 10.1. The Balaban J connectivity index is 2.33. The molecule has 1 aliphatic heterocycles. The Labute approximate surface area is 110 Å². The van der Waals surface area contributed by atoms with Crippen LogP contribution in [-0.4, -0.2) is 11.3 Å². The van der Waals surface area contributed by atoms with Gasteiger partial charge in [-0.25, -0.2) is 0 Å². The number of thiol groups is 1. The summed E-state index contributed by atoms with van der Waals surface area (Å²) in [7, 11) is 0. The van der Waals surface area contributed by atoms with Crippen molar-refractivity contribution in [1.82, 2.24) is 0 Å². The van der Waals surface area contributed by atoms with Gasteiger partial charge in [-0.15, -0.1) is 12.6 Å². The highest BCUT2D eigenvalue weighted by Gasteiger charge is 2.23. The first-order valence-electron chi connectivity index (χ1n) is 5.00. The summed E-state index contributed by atoms with van der Waals surface area (Å²) in [4.78, 5) is 13.1. The van der Waals surface area contributed by atoms with Gasteiger partial charge in [0.05, 0.1) is 0 Å². The molecule has 0 fully saturated rings. The standard InChI is InChI=1S/C12H11ClN2OS/c13-8-3-1-4-9(7-8)15-6-2-5-10(11(14)16)12(15)17/h1-7,12,17H,(H2,14,16). The predicted molar refractivity (Wildman–Crippen MR) is 73.1 cm³/mol. The zero-order chi connectivity index (χ0) is 12.4. The van der Waals surface area contributed by atoms with Crippen molar-refractivity contribution < 1.29 is 4.79 Å². The molecule has 5 heteroatoms. The van der Waals surface area contributed by atoms with Crippen LogP contribution < -0.4 is 10.6 Å². The van der Waals surface area contributed by atoms with Crippen LogP contribution in [-0.2, 0) is 4.79 Å². The van der Waals surface area contributed by atoms with Crippen LogP contribution in [0.5, 0.6) is 0 Å². The molecular weight excluding hydrogens is 256 g/mol. The number of halogens is 1. The first kappa shape index (κ1) is 12.1. The molecule has 1 heterocycles. The number of primary amides is 1. The number of hydrogen-bond acceptors (Lipinski definition) is 3. The molecular formula is C12H11ClN2OS. The third-order valence-corrected chi connectivity index (χ3v) is 3.22. The third kappa shape index (κ3) is 2.48. The number of carbonyl (C=O) groups is 1. The van der Waals surface area contributed by atoms with Gasteiger partial charge in [0.15, 0.2) is 0 Å². The Kier molecular flexibility index (Phi) is 3.45. The SMILES string of the molecule is NC(=O)C1=CC=CN(c2cccc(Cl)c2)C1S. The highest BCUT2D eigenvalue weighted by atomic mass is 35.5.